The molecular weight excluding hydrogens is 905 g/mol. The molecular formula is C73H62N2. The fourth-order valence-corrected chi connectivity index (χ4v) is 12.0. The van der Waals surface area contributed by atoms with Gasteiger partial charge in [-0.15, -0.1) is 0 Å². The highest BCUT2D eigenvalue weighted by atomic mass is 14.5. The third-order valence-corrected chi connectivity index (χ3v) is 15.8. The van der Waals surface area contributed by atoms with E-state index >= 15 is 0 Å². The summed E-state index contributed by atoms with van der Waals surface area (Å²) < 4.78 is 0. The van der Waals surface area contributed by atoms with Crippen LogP contribution in [0.25, 0.3) is 39.0 Å². The second kappa shape index (κ2) is 21.0. The second-order valence-electron chi connectivity index (χ2n) is 20.5. The SMILES string of the molecule is C=C/C=C(\C=C/CC1=CC=C(c2cccc(C3=CCCC=C3)c2)CC1)c1ccc2c(c1)-c1c(C=N)cccc1C21c2ccccc2C(C)(C)c2ccccc21.N=C(c1ccccc1)c1ccc(-c2ccccc2)cc1. The summed E-state index contributed by atoms with van der Waals surface area (Å²) in [6.45, 7) is 8.81. The van der Waals surface area contributed by atoms with Gasteiger partial charge in [0.1, 0.15) is 0 Å². The Kier molecular flexibility index (Phi) is 13.6. The van der Waals surface area contributed by atoms with E-state index in [-0.39, 0.29) is 5.41 Å². The number of allylic oxidation sites excluding steroid dienone is 13. The normalized spacial score (nSPS) is 15.5. The number of fused-ring (bicyclic) bond motifs is 9. The first kappa shape index (κ1) is 48.5. The summed E-state index contributed by atoms with van der Waals surface area (Å²) in [5.41, 5.74) is 24.5. The van der Waals surface area contributed by atoms with E-state index in [0.29, 0.717) is 5.71 Å². The Morgan fingerprint density at radius 2 is 1.17 bits per heavy atom. The zero-order valence-corrected chi connectivity index (χ0v) is 43.0. The quantitative estimate of drug-likeness (QED) is 0.0959. The van der Waals surface area contributed by atoms with E-state index < -0.39 is 5.41 Å². The van der Waals surface area contributed by atoms with E-state index in [1.54, 1.807) is 0 Å². The molecule has 0 saturated carbocycles. The van der Waals surface area contributed by atoms with E-state index in [0.717, 1.165) is 65.5 Å². The van der Waals surface area contributed by atoms with Crippen molar-refractivity contribution in [3.63, 3.8) is 0 Å². The predicted molar refractivity (Wildman–Crippen MR) is 318 cm³/mol. The van der Waals surface area contributed by atoms with Crippen molar-refractivity contribution in [2.24, 2.45) is 0 Å². The fourth-order valence-electron chi connectivity index (χ4n) is 12.0. The van der Waals surface area contributed by atoms with Crippen LogP contribution in [0.4, 0.5) is 0 Å². The van der Waals surface area contributed by atoms with Crippen molar-refractivity contribution in [3.8, 4) is 22.3 Å². The van der Waals surface area contributed by atoms with Crippen molar-refractivity contribution in [1.82, 2.24) is 0 Å². The van der Waals surface area contributed by atoms with Crippen LogP contribution < -0.4 is 0 Å². The summed E-state index contributed by atoms with van der Waals surface area (Å²) in [4.78, 5) is 0. The summed E-state index contributed by atoms with van der Waals surface area (Å²) >= 11 is 0. The van der Waals surface area contributed by atoms with Gasteiger partial charge in [-0.1, -0.05) is 263 Å². The average Bonchev–Trinajstić information content (AvgIpc) is 3.81. The molecule has 0 radical (unpaired) electrons. The molecule has 1 spiro atoms. The number of hydrogen-bond donors (Lipinski definition) is 2. The zero-order valence-electron chi connectivity index (χ0n) is 43.0. The highest BCUT2D eigenvalue weighted by Gasteiger charge is 2.53. The predicted octanol–water partition coefficient (Wildman–Crippen LogP) is 18.5. The van der Waals surface area contributed by atoms with Gasteiger partial charge < -0.3 is 5.41 Å². The summed E-state index contributed by atoms with van der Waals surface area (Å²) in [5.74, 6) is 0. The molecule has 0 saturated heterocycles. The molecule has 2 N–H and O–H groups in total. The van der Waals surface area contributed by atoms with Crippen molar-refractivity contribution >= 4 is 28.6 Å². The van der Waals surface area contributed by atoms with Crippen LogP contribution in [-0.2, 0) is 10.8 Å². The maximum Gasteiger partial charge on any atom is 0.0719 e. The van der Waals surface area contributed by atoms with Gasteiger partial charge >= 0.3 is 0 Å². The van der Waals surface area contributed by atoms with Crippen LogP contribution in [-0.4, -0.2) is 11.9 Å². The molecule has 0 heterocycles. The third-order valence-electron chi connectivity index (χ3n) is 15.8. The van der Waals surface area contributed by atoms with E-state index in [1.807, 2.05) is 66.7 Å². The molecule has 0 aliphatic heterocycles. The smallest absolute Gasteiger partial charge is 0.0719 e. The Morgan fingerprint density at radius 3 is 1.84 bits per heavy atom. The highest BCUT2D eigenvalue weighted by molar-refractivity contribution is 6.11. The molecule has 364 valence electrons. The van der Waals surface area contributed by atoms with Crippen LogP contribution in [0, 0.1) is 10.8 Å². The minimum atomic E-state index is -0.478. The summed E-state index contributed by atoms with van der Waals surface area (Å²) in [5, 5.41) is 16.8. The first-order valence-electron chi connectivity index (χ1n) is 26.4. The molecule has 0 atom stereocenters. The molecule has 0 aromatic heterocycles. The molecule has 0 unspecified atom stereocenters. The van der Waals surface area contributed by atoms with E-state index in [4.69, 9.17) is 10.8 Å². The molecule has 2 nitrogen and oxygen atoms in total. The van der Waals surface area contributed by atoms with E-state index in [2.05, 4.69) is 202 Å². The van der Waals surface area contributed by atoms with Crippen LogP contribution in [0.2, 0.25) is 0 Å². The standard InChI is InChI=1S/C54H47N.C19H15N/c1-4-15-38(19-12-16-37-28-30-40(31-29-37)42-21-13-20-41(34-42)39-17-6-5-7-18-39)43-32-33-46-45(35-43)52-44(36-55)22-14-27-51(52)54(46)49-25-10-8-23-47(49)53(2,3)48-24-9-11-26-50(48)54;20-19(17-9-5-2-6-10-17)18-13-11-16(12-14-18)15-7-3-1-4-8-15/h4,6,8-15,17-28,30,32-36,55H,1,5,7,16,29,31H2,2-3H3;1-14,20H/b19-12-,38-15+,55-36?;. The lowest BCUT2D eigenvalue weighted by atomic mass is 9.55. The van der Waals surface area contributed by atoms with Crippen molar-refractivity contribution in [3.05, 3.63) is 328 Å². The summed E-state index contributed by atoms with van der Waals surface area (Å²) in [6, 6.07) is 68.9. The maximum atomic E-state index is 8.54. The third kappa shape index (κ3) is 9.12. The van der Waals surface area contributed by atoms with Crippen LogP contribution in [0.5, 0.6) is 0 Å². The number of benzene rings is 8. The molecule has 0 bridgehead atoms. The number of nitrogens with one attached hydrogen (secondary N) is 2. The van der Waals surface area contributed by atoms with Gasteiger partial charge in [0, 0.05) is 22.8 Å². The van der Waals surface area contributed by atoms with Gasteiger partial charge in [0.15, 0.2) is 0 Å². The van der Waals surface area contributed by atoms with Gasteiger partial charge in [-0.25, -0.2) is 0 Å². The monoisotopic (exact) mass is 966 g/mol. The minimum absolute atomic E-state index is 0.147. The van der Waals surface area contributed by atoms with Crippen LogP contribution in [0.1, 0.15) is 113 Å². The molecule has 0 fully saturated rings. The molecule has 4 aliphatic rings. The van der Waals surface area contributed by atoms with Crippen molar-refractivity contribution in [2.45, 2.75) is 56.8 Å². The van der Waals surface area contributed by atoms with Gasteiger partial charge in [-0.3, -0.25) is 5.41 Å². The van der Waals surface area contributed by atoms with E-state index in [1.165, 1.54) is 84.1 Å². The molecule has 2 heteroatoms. The first-order valence-corrected chi connectivity index (χ1v) is 26.4. The first-order chi connectivity index (χ1) is 36.8. The zero-order chi connectivity index (χ0) is 51.4. The van der Waals surface area contributed by atoms with Crippen LogP contribution in [0.15, 0.2) is 261 Å². The van der Waals surface area contributed by atoms with Gasteiger partial charge in [-0.2, -0.15) is 0 Å². The van der Waals surface area contributed by atoms with Gasteiger partial charge in [-0.05, 0) is 139 Å². The maximum absolute atomic E-state index is 8.54. The van der Waals surface area contributed by atoms with Crippen molar-refractivity contribution in [1.29, 1.82) is 10.8 Å². The minimum Gasteiger partial charge on any atom is -0.308 e. The fraction of sp³-hybridized carbons (Fsp3) is 0.123. The van der Waals surface area contributed by atoms with Gasteiger partial charge in [0.05, 0.1) is 11.1 Å². The lowest BCUT2D eigenvalue weighted by molar-refractivity contribution is 0.563. The number of rotatable bonds is 11. The van der Waals surface area contributed by atoms with Crippen molar-refractivity contribution in [2.75, 3.05) is 0 Å². The second-order valence-corrected chi connectivity index (χ2v) is 20.5. The Morgan fingerprint density at radius 1 is 0.560 bits per heavy atom. The summed E-state index contributed by atoms with van der Waals surface area (Å²) in [7, 11) is 0. The molecule has 12 rings (SSSR count). The lowest BCUT2D eigenvalue weighted by Crippen LogP contribution is -2.40. The summed E-state index contributed by atoms with van der Waals surface area (Å²) in [6.07, 6.45) is 27.0. The Bertz CT molecular complexity index is 3630. The Labute approximate surface area is 443 Å². The Hall–Kier alpha value is -8.72. The van der Waals surface area contributed by atoms with E-state index in [9.17, 15) is 0 Å². The topological polar surface area (TPSA) is 47.7 Å². The van der Waals surface area contributed by atoms with Gasteiger partial charge in [0.2, 0.25) is 0 Å². The van der Waals surface area contributed by atoms with Crippen molar-refractivity contribution < 1.29 is 0 Å². The molecule has 0 amide bonds. The lowest BCUT2D eigenvalue weighted by Gasteiger charge is -2.46. The molecule has 8 aromatic carbocycles. The molecule has 8 aromatic rings. The molecule has 4 aliphatic carbocycles. The van der Waals surface area contributed by atoms with Crippen LogP contribution in [0.3, 0.4) is 0 Å². The molecule has 75 heavy (non-hydrogen) atoms. The largest absolute Gasteiger partial charge is 0.308 e. The highest BCUT2D eigenvalue weighted by Crippen LogP contribution is 2.62. The van der Waals surface area contributed by atoms with Gasteiger partial charge in [0.25, 0.3) is 0 Å². The average molecular weight is 967 g/mol. The number of hydrogen-bond acceptors (Lipinski definition) is 2. The van der Waals surface area contributed by atoms with Crippen LogP contribution >= 0.6 is 0 Å². The Balaban J connectivity index is 0.000000251.